The predicted molar refractivity (Wildman–Crippen MR) is 73.0 cm³/mol. The number of carbonyl (C=O) groups excluding carboxylic acids is 1. The highest BCUT2D eigenvalue weighted by molar-refractivity contribution is 5.78. The summed E-state index contributed by atoms with van der Waals surface area (Å²) < 4.78 is 0. The van der Waals surface area contributed by atoms with Gasteiger partial charge >= 0.3 is 0 Å². The van der Waals surface area contributed by atoms with E-state index in [1.165, 1.54) is 0 Å². The van der Waals surface area contributed by atoms with Gasteiger partial charge in [-0.1, -0.05) is 13.8 Å². The van der Waals surface area contributed by atoms with Crippen molar-refractivity contribution in [1.82, 2.24) is 5.32 Å². The van der Waals surface area contributed by atoms with Crippen LogP contribution in [0.1, 0.15) is 52.4 Å². The van der Waals surface area contributed by atoms with Gasteiger partial charge in [-0.05, 0) is 51.0 Å². The third-order valence-corrected chi connectivity index (χ3v) is 4.09. The summed E-state index contributed by atoms with van der Waals surface area (Å²) >= 11 is 0. The number of nitrogens with two attached hydrogens (primary N) is 1. The summed E-state index contributed by atoms with van der Waals surface area (Å²) in [6.07, 6.45) is 5.38. The van der Waals surface area contributed by atoms with Crippen molar-refractivity contribution in [2.24, 2.45) is 17.6 Å². The summed E-state index contributed by atoms with van der Waals surface area (Å²) in [4.78, 5) is 11.8. The molecule has 4 nitrogen and oxygen atoms in total. The van der Waals surface area contributed by atoms with Crippen molar-refractivity contribution >= 4 is 5.91 Å². The van der Waals surface area contributed by atoms with E-state index in [1.54, 1.807) is 0 Å². The summed E-state index contributed by atoms with van der Waals surface area (Å²) in [5, 5.41) is 13.2. The van der Waals surface area contributed by atoms with Crippen molar-refractivity contribution in [3.63, 3.8) is 0 Å². The Labute approximate surface area is 110 Å². The third-order valence-electron chi connectivity index (χ3n) is 4.09. The standard InChI is InChI=1S/C14H28N2O2/c1-11-5-7-14(18,8-6-11)10-16-13(17)12(2)4-3-9-15/h11-12,18H,3-10,15H2,1-2H3,(H,16,17). The van der Waals surface area contributed by atoms with E-state index in [-0.39, 0.29) is 11.8 Å². The van der Waals surface area contributed by atoms with Crippen LogP contribution in [0, 0.1) is 11.8 Å². The minimum absolute atomic E-state index is 0.0142. The smallest absolute Gasteiger partial charge is 0.222 e. The van der Waals surface area contributed by atoms with Gasteiger partial charge in [0, 0.05) is 12.5 Å². The highest BCUT2D eigenvalue weighted by Gasteiger charge is 2.32. The van der Waals surface area contributed by atoms with Crippen LogP contribution in [-0.2, 0) is 4.79 Å². The van der Waals surface area contributed by atoms with Gasteiger partial charge in [-0.15, -0.1) is 0 Å². The Hall–Kier alpha value is -0.610. The maximum absolute atomic E-state index is 11.8. The highest BCUT2D eigenvalue weighted by Crippen LogP contribution is 2.31. The van der Waals surface area contributed by atoms with Crippen LogP contribution in [0.2, 0.25) is 0 Å². The Morgan fingerprint density at radius 2 is 2.11 bits per heavy atom. The molecule has 1 rings (SSSR count). The molecular weight excluding hydrogens is 228 g/mol. The van der Waals surface area contributed by atoms with E-state index in [4.69, 9.17) is 5.73 Å². The van der Waals surface area contributed by atoms with E-state index >= 15 is 0 Å². The first-order valence-corrected chi connectivity index (χ1v) is 7.17. The zero-order valence-electron chi connectivity index (χ0n) is 11.7. The van der Waals surface area contributed by atoms with E-state index in [0.29, 0.717) is 19.0 Å². The van der Waals surface area contributed by atoms with E-state index in [9.17, 15) is 9.90 Å². The Morgan fingerprint density at radius 3 is 2.67 bits per heavy atom. The third kappa shape index (κ3) is 4.94. The molecule has 0 aromatic carbocycles. The number of aliphatic hydroxyl groups is 1. The summed E-state index contributed by atoms with van der Waals surface area (Å²) in [5.74, 6) is 0.722. The SMILES string of the molecule is CC1CCC(O)(CNC(=O)C(C)CCCN)CC1. The van der Waals surface area contributed by atoms with Crippen LogP contribution >= 0.6 is 0 Å². The van der Waals surface area contributed by atoms with Gasteiger partial charge in [-0.2, -0.15) is 0 Å². The number of hydrogen-bond donors (Lipinski definition) is 3. The van der Waals surface area contributed by atoms with Gasteiger partial charge in [0.1, 0.15) is 0 Å². The van der Waals surface area contributed by atoms with Crippen LogP contribution in [0.15, 0.2) is 0 Å². The van der Waals surface area contributed by atoms with Crippen LogP contribution in [0.4, 0.5) is 0 Å². The van der Waals surface area contributed by atoms with Crippen molar-refractivity contribution in [3.05, 3.63) is 0 Å². The molecule has 1 saturated carbocycles. The first-order chi connectivity index (χ1) is 8.47. The second-order valence-electron chi connectivity index (χ2n) is 5.96. The fourth-order valence-electron chi connectivity index (χ4n) is 2.46. The lowest BCUT2D eigenvalue weighted by atomic mass is 9.79. The molecule has 1 fully saturated rings. The lowest BCUT2D eigenvalue weighted by molar-refractivity contribution is -0.126. The van der Waals surface area contributed by atoms with E-state index in [2.05, 4.69) is 12.2 Å². The average molecular weight is 256 g/mol. The van der Waals surface area contributed by atoms with Gasteiger partial charge in [-0.25, -0.2) is 0 Å². The van der Waals surface area contributed by atoms with Crippen molar-refractivity contribution in [2.75, 3.05) is 13.1 Å². The fraction of sp³-hybridized carbons (Fsp3) is 0.929. The first kappa shape index (κ1) is 15.4. The molecule has 106 valence electrons. The number of amides is 1. The first-order valence-electron chi connectivity index (χ1n) is 7.17. The highest BCUT2D eigenvalue weighted by atomic mass is 16.3. The van der Waals surface area contributed by atoms with E-state index < -0.39 is 5.60 Å². The fourth-order valence-corrected chi connectivity index (χ4v) is 2.46. The minimum Gasteiger partial charge on any atom is -0.388 e. The summed E-state index contributed by atoms with van der Waals surface area (Å²) in [5.41, 5.74) is 4.75. The summed E-state index contributed by atoms with van der Waals surface area (Å²) in [6, 6.07) is 0. The Balaban J connectivity index is 2.29. The molecule has 0 bridgehead atoms. The molecule has 0 aromatic heterocycles. The molecule has 18 heavy (non-hydrogen) atoms. The molecule has 0 spiro atoms. The van der Waals surface area contributed by atoms with Crippen molar-refractivity contribution in [2.45, 2.75) is 58.0 Å². The molecule has 1 aliphatic rings. The summed E-state index contributed by atoms with van der Waals surface area (Å²) in [7, 11) is 0. The second-order valence-corrected chi connectivity index (χ2v) is 5.96. The zero-order valence-corrected chi connectivity index (χ0v) is 11.7. The number of nitrogens with one attached hydrogen (secondary N) is 1. The number of rotatable bonds is 6. The van der Waals surface area contributed by atoms with Gasteiger partial charge < -0.3 is 16.2 Å². The van der Waals surface area contributed by atoms with Crippen LogP contribution in [0.3, 0.4) is 0 Å². The van der Waals surface area contributed by atoms with Gasteiger partial charge in [0.25, 0.3) is 0 Å². The van der Waals surface area contributed by atoms with Gasteiger partial charge in [0.05, 0.1) is 5.60 Å². The van der Waals surface area contributed by atoms with Crippen molar-refractivity contribution in [1.29, 1.82) is 0 Å². The molecule has 1 aliphatic carbocycles. The molecular formula is C14H28N2O2. The predicted octanol–water partition coefficient (Wildman–Crippen LogP) is 1.42. The maximum Gasteiger partial charge on any atom is 0.222 e. The molecule has 1 amide bonds. The van der Waals surface area contributed by atoms with Crippen LogP contribution in [-0.4, -0.2) is 29.7 Å². The topological polar surface area (TPSA) is 75.3 Å². The van der Waals surface area contributed by atoms with Gasteiger partial charge in [0.2, 0.25) is 5.91 Å². The van der Waals surface area contributed by atoms with E-state index in [0.717, 1.165) is 38.5 Å². The molecule has 1 unspecified atom stereocenters. The van der Waals surface area contributed by atoms with Crippen LogP contribution in [0.25, 0.3) is 0 Å². The normalized spacial score (nSPS) is 29.9. The lowest BCUT2D eigenvalue weighted by Crippen LogP contribution is -2.46. The number of hydrogen-bond acceptors (Lipinski definition) is 3. The molecule has 0 saturated heterocycles. The molecule has 0 aromatic rings. The number of carbonyl (C=O) groups is 1. The maximum atomic E-state index is 11.8. The monoisotopic (exact) mass is 256 g/mol. The second kappa shape index (κ2) is 7.10. The molecule has 0 heterocycles. The Kier molecular flexibility index (Phi) is 6.09. The largest absolute Gasteiger partial charge is 0.388 e. The molecule has 4 N–H and O–H groups in total. The van der Waals surface area contributed by atoms with E-state index in [1.807, 2.05) is 6.92 Å². The van der Waals surface area contributed by atoms with Crippen LogP contribution < -0.4 is 11.1 Å². The quantitative estimate of drug-likeness (QED) is 0.673. The Bertz CT molecular complexity index is 261. The summed E-state index contributed by atoms with van der Waals surface area (Å²) in [6.45, 7) is 5.15. The minimum atomic E-state index is -0.685. The van der Waals surface area contributed by atoms with Crippen LogP contribution in [0.5, 0.6) is 0 Å². The van der Waals surface area contributed by atoms with Crippen molar-refractivity contribution in [3.8, 4) is 0 Å². The van der Waals surface area contributed by atoms with Gasteiger partial charge in [-0.3, -0.25) is 4.79 Å². The molecule has 1 atom stereocenters. The lowest BCUT2D eigenvalue weighted by Gasteiger charge is -2.35. The zero-order chi connectivity index (χ0) is 13.6. The molecule has 4 heteroatoms. The van der Waals surface area contributed by atoms with Gasteiger partial charge in [0.15, 0.2) is 0 Å². The molecule has 0 aliphatic heterocycles. The Morgan fingerprint density at radius 1 is 1.50 bits per heavy atom. The molecule has 0 radical (unpaired) electrons. The average Bonchev–Trinajstić information content (AvgIpc) is 2.37. The van der Waals surface area contributed by atoms with Crippen molar-refractivity contribution < 1.29 is 9.90 Å².